The monoisotopic (exact) mass is 208 g/mol. The molecule has 2 nitrogen and oxygen atoms in total. The van der Waals surface area contributed by atoms with Gasteiger partial charge in [-0.1, -0.05) is 52.4 Å². The summed E-state index contributed by atoms with van der Waals surface area (Å²) in [6, 6.07) is 0. The molecule has 0 aromatic carbocycles. The summed E-state index contributed by atoms with van der Waals surface area (Å²) >= 11 is 0. The summed E-state index contributed by atoms with van der Waals surface area (Å²) in [6.45, 7) is 4.17. The predicted molar refractivity (Wildman–Crippen MR) is 52.2 cm³/mol. The Bertz CT molecular complexity index is 137. The van der Waals surface area contributed by atoms with Gasteiger partial charge in [-0.05, 0) is 12.3 Å². The minimum Gasteiger partial charge on any atom is -0.550 e. The molecule has 1 atom stereocenters. The van der Waals surface area contributed by atoms with E-state index >= 15 is 0 Å². The zero-order chi connectivity index (χ0) is 10.1. The van der Waals surface area contributed by atoms with E-state index in [0.29, 0.717) is 0 Å². The van der Waals surface area contributed by atoms with Crippen LogP contribution in [0.4, 0.5) is 0 Å². The maximum Gasteiger partial charge on any atom is 1.00 e. The molecule has 0 spiro atoms. The van der Waals surface area contributed by atoms with Crippen molar-refractivity contribution in [3.63, 3.8) is 0 Å². The number of carbonyl (C=O) groups excluding carboxylic acids is 1. The van der Waals surface area contributed by atoms with Crippen LogP contribution in [0.5, 0.6) is 0 Å². The van der Waals surface area contributed by atoms with Gasteiger partial charge in [-0.2, -0.15) is 0 Å². The average molecular weight is 208 g/mol. The third-order valence-electron chi connectivity index (χ3n) is 2.32. The average Bonchev–Trinajstić information content (AvgIpc) is 2.02. The summed E-state index contributed by atoms with van der Waals surface area (Å²) in [5.74, 6) is -0.632. The van der Waals surface area contributed by atoms with Crippen molar-refractivity contribution in [2.24, 2.45) is 5.92 Å². The maximum absolute atomic E-state index is 10.2. The second kappa shape index (κ2) is 11.5. The van der Waals surface area contributed by atoms with E-state index in [2.05, 4.69) is 6.92 Å². The smallest absolute Gasteiger partial charge is 0.550 e. The molecular formula is C11H21NaO2. The molecule has 1 unspecified atom stereocenters. The van der Waals surface area contributed by atoms with Crippen molar-refractivity contribution < 1.29 is 39.5 Å². The number of carbonyl (C=O) groups is 1. The molecule has 0 fully saturated rings. The SMILES string of the molecule is CCCCCCCC(C)CC(=O)[O-].[Na+]. The molecular weight excluding hydrogens is 187 g/mol. The van der Waals surface area contributed by atoms with Gasteiger partial charge in [-0.25, -0.2) is 0 Å². The van der Waals surface area contributed by atoms with Crippen LogP contribution in [0.2, 0.25) is 0 Å². The van der Waals surface area contributed by atoms with E-state index in [1.165, 1.54) is 25.7 Å². The van der Waals surface area contributed by atoms with Crippen LogP contribution in [0.1, 0.15) is 58.8 Å². The van der Waals surface area contributed by atoms with E-state index in [0.717, 1.165) is 12.8 Å². The number of rotatable bonds is 8. The quantitative estimate of drug-likeness (QED) is 0.384. The molecule has 0 rings (SSSR count). The molecule has 3 heteroatoms. The first-order chi connectivity index (χ1) is 6.16. The Morgan fingerprint density at radius 2 is 1.79 bits per heavy atom. The summed E-state index contributed by atoms with van der Waals surface area (Å²) in [5.41, 5.74) is 0. The number of hydrogen-bond acceptors (Lipinski definition) is 2. The van der Waals surface area contributed by atoms with Gasteiger partial charge in [0, 0.05) is 5.97 Å². The first-order valence-corrected chi connectivity index (χ1v) is 5.36. The molecule has 0 aromatic rings. The van der Waals surface area contributed by atoms with E-state index in [1.54, 1.807) is 0 Å². The Morgan fingerprint density at radius 1 is 1.21 bits per heavy atom. The van der Waals surface area contributed by atoms with Crippen molar-refractivity contribution in [1.82, 2.24) is 0 Å². The topological polar surface area (TPSA) is 40.1 Å². The second-order valence-corrected chi connectivity index (χ2v) is 3.88. The number of unbranched alkanes of at least 4 members (excludes halogenated alkanes) is 4. The standard InChI is InChI=1S/C11H22O2.Na/c1-3-4-5-6-7-8-10(2)9-11(12)13;/h10H,3-9H2,1-2H3,(H,12,13);/q;+1/p-1. The molecule has 0 aliphatic rings. The maximum atomic E-state index is 10.2. The van der Waals surface area contributed by atoms with Gasteiger partial charge in [0.15, 0.2) is 0 Å². The van der Waals surface area contributed by atoms with Gasteiger partial charge in [0.05, 0.1) is 0 Å². The van der Waals surface area contributed by atoms with Crippen LogP contribution in [0.25, 0.3) is 0 Å². The summed E-state index contributed by atoms with van der Waals surface area (Å²) in [4.78, 5) is 10.2. The summed E-state index contributed by atoms with van der Waals surface area (Å²) in [6.07, 6.45) is 7.49. The van der Waals surface area contributed by atoms with Crippen LogP contribution in [-0.4, -0.2) is 5.97 Å². The van der Waals surface area contributed by atoms with Gasteiger partial charge in [0.25, 0.3) is 0 Å². The molecule has 0 amide bonds. The molecule has 0 saturated heterocycles. The van der Waals surface area contributed by atoms with Crippen LogP contribution < -0.4 is 34.7 Å². The Morgan fingerprint density at radius 3 is 2.29 bits per heavy atom. The zero-order valence-electron chi connectivity index (χ0n) is 9.84. The fourth-order valence-corrected chi connectivity index (χ4v) is 1.48. The third-order valence-corrected chi connectivity index (χ3v) is 2.32. The molecule has 0 aliphatic heterocycles. The molecule has 0 saturated carbocycles. The molecule has 78 valence electrons. The summed E-state index contributed by atoms with van der Waals surface area (Å²) in [7, 11) is 0. The van der Waals surface area contributed by atoms with Crippen molar-refractivity contribution in [3.8, 4) is 0 Å². The minimum atomic E-state index is -0.916. The van der Waals surface area contributed by atoms with Crippen molar-refractivity contribution in [2.75, 3.05) is 0 Å². The van der Waals surface area contributed by atoms with E-state index in [-0.39, 0.29) is 41.9 Å². The van der Waals surface area contributed by atoms with Crippen LogP contribution in [0.15, 0.2) is 0 Å². The number of hydrogen-bond donors (Lipinski definition) is 0. The fourth-order valence-electron chi connectivity index (χ4n) is 1.48. The second-order valence-electron chi connectivity index (χ2n) is 3.88. The number of carboxylic acid groups (broad SMARTS) is 1. The normalized spacial score (nSPS) is 11.9. The molecule has 14 heavy (non-hydrogen) atoms. The van der Waals surface area contributed by atoms with Gasteiger partial charge in [0.2, 0.25) is 0 Å². The van der Waals surface area contributed by atoms with E-state index in [9.17, 15) is 9.90 Å². The Hall–Kier alpha value is 0.470. The van der Waals surface area contributed by atoms with E-state index in [4.69, 9.17) is 0 Å². The zero-order valence-corrected chi connectivity index (χ0v) is 11.8. The van der Waals surface area contributed by atoms with Crippen LogP contribution >= 0.6 is 0 Å². The fraction of sp³-hybridized carbons (Fsp3) is 0.909. The predicted octanol–water partition coefficient (Wildman–Crippen LogP) is -0.873. The van der Waals surface area contributed by atoms with E-state index < -0.39 is 5.97 Å². The molecule has 0 bridgehead atoms. The number of aliphatic carboxylic acids is 1. The number of carboxylic acids is 1. The summed E-state index contributed by atoms with van der Waals surface area (Å²) in [5, 5.41) is 10.2. The van der Waals surface area contributed by atoms with Crippen molar-refractivity contribution in [1.29, 1.82) is 0 Å². The first-order valence-electron chi connectivity index (χ1n) is 5.36. The minimum absolute atomic E-state index is 0. The van der Waals surface area contributed by atoms with Crippen molar-refractivity contribution >= 4 is 5.97 Å². The molecule has 0 N–H and O–H groups in total. The van der Waals surface area contributed by atoms with Gasteiger partial charge < -0.3 is 9.90 Å². The van der Waals surface area contributed by atoms with Crippen LogP contribution in [-0.2, 0) is 4.79 Å². The van der Waals surface area contributed by atoms with Crippen LogP contribution in [0.3, 0.4) is 0 Å². The van der Waals surface area contributed by atoms with Gasteiger partial charge in [-0.3, -0.25) is 0 Å². The van der Waals surface area contributed by atoms with E-state index in [1.807, 2.05) is 6.92 Å². The molecule has 0 radical (unpaired) electrons. The third kappa shape index (κ3) is 12.5. The molecule has 0 heterocycles. The van der Waals surface area contributed by atoms with Crippen molar-refractivity contribution in [2.45, 2.75) is 58.8 Å². The van der Waals surface area contributed by atoms with Crippen LogP contribution in [0, 0.1) is 5.92 Å². The van der Waals surface area contributed by atoms with Gasteiger partial charge >= 0.3 is 29.6 Å². The van der Waals surface area contributed by atoms with Crippen molar-refractivity contribution in [3.05, 3.63) is 0 Å². The molecule has 0 aliphatic carbocycles. The Labute approximate surface area is 110 Å². The Kier molecular flexibility index (Phi) is 13.9. The first kappa shape index (κ1) is 16.9. The Balaban J connectivity index is 0. The molecule has 0 aromatic heterocycles. The largest absolute Gasteiger partial charge is 1.00 e. The van der Waals surface area contributed by atoms with Gasteiger partial charge in [0.1, 0.15) is 0 Å². The summed E-state index contributed by atoms with van der Waals surface area (Å²) < 4.78 is 0. The van der Waals surface area contributed by atoms with Gasteiger partial charge in [-0.15, -0.1) is 0 Å².